The Morgan fingerprint density at radius 2 is 2.10 bits per heavy atom. The molecule has 1 aromatic heterocycles. The summed E-state index contributed by atoms with van der Waals surface area (Å²) in [6, 6.07) is 10.7. The molecule has 2 amide bonds. The van der Waals surface area contributed by atoms with Crippen LogP contribution in [0.2, 0.25) is 5.02 Å². The minimum Gasteiger partial charge on any atom is -0.463 e. The van der Waals surface area contributed by atoms with Crippen LogP contribution in [0.1, 0.15) is 37.3 Å². The summed E-state index contributed by atoms with van der Waals surface area (Å²) in [4.78, 5) is 43.5. The van der Waals surface area contributed by atoms with Gasteiger partial charge in [0.25, 0.3) is 0 Å². The van der Waals surface area contributed by atoms with Crippen molar-refractivity contribution >= 4 is 29.4 Å². The number of aromatic nitrogens is 1. The normalized spacial score (nSPS) is 16.3. The Labute approximate surface area is 186 Å². The highest BCUT2D eigenvalue weighted by Crippen LogP contribution is 2.37. The van der Waals surface area contributed by atoms with Crippen LogP contribution in [0.5, 0.6) is 0 Å². The standard InChI is InChI=1S/C23H24ClN3O4/c1-3-31-23(30)22-15(2)27(14-20(28)26-13-16-6-5-9-25-12-16)21(29)11-19(22)17-7-4-8-18(24)10-17/h4-10,12,19H,3,11,13-14H2,1-2H3,(H,26,28). The molecule has 162 valence electrons. The van der Waals surface area contributed by atoms with Gasteiger partial charge in [0.05, 0.1) is 12.2 Å². The number of pyridine rings is 1. The van der Waals surface area contributed by atoms with Crippen LogP contribution in [0.15, 0.2) is 60.1 Å². The molecule has 8 heteroatoms. The SMILES string of the molecule is CCOC(=O)C1=C(C)N(CC(=O)NCc2cccnc2)C(=O)CC1c1cccc(Cl)c1. The second kappa shape index (κ2) is 10.2. The number of carbonyl (C=O) groups is 3. The molecule has 1 aliphatic heterocycles. The molecule has 0 spiro atoms. The monoisotopic (exact) mass is 441 g/mol. The fourth-order valence-electron chi connectivity index (χ4n) is 3.59. The van der Waals surface area contributed by atoms with Crippen LogP contribution in [0, 0.1) is 0 Å². The number of nitrogens with one attached hydrogen (secondary N) is 1. The third-order valence-corrected chi connectivity index (χ3v) is 5.32. The van der Waals surface area contributed by atoms with E-state index in [4.69, 9.17) is 16.3 Å². The van der Waals surface area contributed by atoms with Crippen LogP contribution in [0.4, 0.5) is 0 Å². The summed E-state index contributed by atoms with van der Waals surface area (Å²) in [5, 5.41) is 3.29. The number of rotatable bonds is 7. The maximum atomic E-state index is 12.9. The highest BCUT2D eigenvalue weighted by molar-refractivity contribution is 6.30. The molecule has 2 aromatic rings. The van der Waals surface area contributed by atoms with Crippen molar-refractivity contribution in [3.05, 3.63) is 76.2 Å². The summed E-state index contributed by atoms with van der Waals surface area (Å²) >= 11 is 6.12. The summed E-state index contributed by atoms with van der Waals surface area (Å²) < 4.78 is 5.25. The molecule has 0 saturated heterocycles. The van der Waals surface area contributed by atoms with E-state index in [9.17, 15) is 14.4 Å². The first kappa shape index (κ1) is 22.5. The van der Waals surface area contributed by atoms with Gasteiger partial charge in [-0.15, -0.1) is 0 Å². The molecule has 0 aliphatic carbocycles. The highest BCUT2D eigenvalue weighted by Gasteiger charge is 2.37. The Morgan fingerprint density at radius 1 is 1.29 bits per heavy atom. The Morgan fingerprint density at radius 3 is 2.77 bits per heavy atom. The smallest absolute Gasteiger partial charge is 0.336 e. The number of hydrogen-bond donors (Lipinski definition) is 1. The van der Waals surface area contributed by atoms with Crippen molar-refractivity contribution in [3.63, 3.8) is 0 Å². The van der Waals surface area contributed by atoms with Crippen molar-refractivity contribution in [1.29, 1.82) is 0 Å². The predicted octanol–water partition coefficient (Wildman–Crippen LogP) is 3.20. The maximum Gasteiger partial charge on any atom is 0.336 e. The van der Waals surface area contributed by atoms with Crippen molar-refractivity contribution in [2.75, 3.05) is 13.2 Å². The van der Waals surface area contributed by atoms with Crippen LogP contribution in [-0.2, 0) is 25.7 Å². The molecular weight excluding hydrogens is 418 g/mol. The zero-order valence-electron chi connectivity index (χ0n) is 17.4. The maximum absolute atomic E-state index is 12.9. The first-order valence-corrected chi connectivity index (χ1v) is 10.4. The third-order valence-electron chi connectivity index (χ3n) is 5.08. The van der Waals surface area contributed by atoms with E-state index < -0.39 is 11.9 Å². The summed E-state index contributed by atoms with van der Waals surface area (Å²) in [5.41, 5.74) is 2.38. The van der Waals surface area contributed by atoms with Gasteiger partial charge in [-0.05, 0) is 43.2 Å². The third kappa shape index (κ3) is 5.49. The molecule has 0 saturated carbocycles. The van der Waals surface area contributed by atoms with Crippen LogP contribution < -0.4 is 5.32 Å². The van der Waals surface area contributed by atoms with Crippen molar-refractivity contribution in [2.45, 2.75) is 32.7 Å². The van der Waals surface area contributed by atoms with E-state index in [1.165, 1.54) is 4.90 Å². The lowest BCUT2D eigenvalue weighted by Crippen LogP contribution is -2.44. The number of allylic oxidation sites excluding steroid dienone is 1. The second-order valence-corrected chi connectivity index (χ2v) is 7.59. The van der Waals surface area contributed by atoms with Crippen molar-refractivity contribution in [1.82, 2.24) is 15.2 Å². The topological polar surface area (TPSA) is 88.6 Å². The fraction of sp³-hybridized carbons (Fsp3) is 0.304. The molecule has 1 unspecified atom stereocenters. The Hall–Kier alpha value is -3.19. The lowest BCUT2D eigenvalue weighted by Gasteiger charge is -2.34. The zero-order chi connectivity index (χ0) is 22.4. The van der Waals surface area contributed by atoms with Gasteiger partial charge in [0, 0.05) is 42.0 Å². The Balaban J connectivity index is 1.84. The van der Waals surface area contributed by atoms with Gasteiger partial charge in [0.15, 0.2) is 0 Å². The van der Waals surface area contributed by atoms with E-state index in [1.54, 1.807) is 50.5 Å². The van der Waals surface area contributed by atoms with Gasteiger partial charge in [-0.1, -0.05) is 29.8 Å². The van der Waals surface area contributed by atoms with Crippen molar-refractivity contribution in [2.24, 2.45) is 0 Å². The first-order valence-electron chi connectivity index (χ1n) is 10.00. The average molecular weight is 442 g/mol. The minimum absolute atomic E-state index is 0.0434. The van der Waals surface area contributed by atoms with Gasteiger partial charge in [-0.2, -0.15) is 0 Å². The lowest BCUT2D eigenvalue weighted by atomic mass is 9.83. The van der Waals surface area contributed by atoms with Crippen LogP contribution in [0.3, 0.4) is 0 Å². The molecule has 7 nitrogen and oxygen atoms in total. The lowest BCUT2D eigenvalue weighted by molar-refractivity contribution is -0.141. The number of hydrogen-bond acceptors (Lipinski definition) is 5. The number of amides is 2. The molecule has 1 atom stereocenters. The number of benzene rings is 1. The quantitative estimate of drug-likeness (QED) is 0.666. The minimum atomic E-state index is -0.502. The summed E-state index contributed by atoms with van der Waals surface area (Å²) in [6.07, 6.45) is 3.35. The predicted molar refractivity (Wildman–Crippen MR) is 116 cm³/mol. The van der Waals surface area contributed by atoms with Gasteiger partial charge >= 0.3 is 5.97 Å². The fourth-order valence-corrected chi connectivity index (χ4v) is 3.79. The van der Waals surface area contributed by atoms with Gasteiger partial charge in [0.2, 0.25) is 11.8 Å². The molecule has 0 bridgehead atoms. The van der Waals surface area contributed by atoms with Gasteiger partial charge < -0.3 is 15.0 Å². The largest absolute Gasteiger partial charge is 0.463 e. The number of carbonyl (C=O) groups excluding carboxylic acids is 3. The Bertz CT molecular complexity index is 1010. The van der Waals surface area contributed by atoms with Gasteiger partial charge in [-0.25, -0.2) is 4.79 Å². The van der Waals surface area contributed by atoms with Gasteiger partial charge in [0.1, 0.15) is 6.54 Å². The molecule has 3 rings (SSSR count). The molecule has 1 aliphatic rings. The zero-order valence-corrected chi connectivity index (χ0v) is 18.2. The van der Waals surface area contributed by atoms with E-state index in [-0.39, 0.29) is 31.4 Å². The highest BCUT2D eigenvalue weighted by atomic mass is 35.5. The summed E-state index contributed by atoms with van der Waals surface area (Å²) in [7, 11) is 0. The summed E-state index contributed by atoms with van der Waals surface area (Å²) in [5.74, 6) is -1.56. The van der Waals surface area contributed by atoms with Crippen LogP contribution in [0.25, 0.3) is 0 Å². The van der Waals surface area contributed by atoms with E-state index in [0.29, 0.717) is 22.8 Å². The molecular formula is C23H24ClN3O4. The molecule has 0 fully saturated rings. The number of halogens is 1. The molecule has 1 N–H and O–H groups in total. The van der Waals surface area contributed by atoms with E-state index >= 15 is 0 Å². The number of ether oxygens (including phenoxy) is 1. The average Bonchev–Trinajstić information content (AvgIpc) is 2.75. The van der Waals surface area contributed by atoms with Gasteiger partial charge in [-0.3, -0.25) is 14.6 Å². The first-order chi connectivity index (χ1) is 14.9. The number of nitrogens with zero attached hydrogens (tertiary/aromatic N) is 2. The molecule has 1 aromatic carbocycles. The van der Waals surface area contributed by atoms with E-state index in [2.05, 4.69) is 10.3 Å². The van der Waals surface area contributed by atoms with Crippen LogP contribution >= 0.6 is 11.6 Å². The van der Waals surface area contributed by atoms with E-state index in [1.807, 2.05) is 12.1 Å². The number of esters is 1. The molecule has 0 radical (unpaired) electrons. The molecule has 2 heterocycles. The van der Waals surface area contributed by atoms with Crippen LogP contribution in [-0.4, -0.2) is 40.8 Å². The molecule has 31 heavy (non-hydrogen) atoms. The second-order valence-electron chi connectivity index (χ2n) is 7.15. The van der Waals surface area contributed by atoms with E-state index in [0.717, 1.165) is 11.1 Å². The Kier molecular flexibility index (Phi) is 7.41. The van der Waals surface area contributed by atoms with Crippen molar-refractivity contribution in [3.8, 4) is 0 Å². The van der Waals surface area contributed by atoms with Crippen molar-refractivity contribution < 1.29 is 19.1 Å². The summed E-state index contributed by atoms with van der Waals surface area (Å²) in [6.45, 7) is 3.70.